The Morgan fingerprint density at radius 2 is 2.12 bits per heavy atom. The Kier molecular flexibility index (Phi) is 5.80. The van der Waals surface area contributed by atoms with E-state index < -0.39 is 5.60 Å². The molecule has 0 aromatic carbocycles. The number of anilines is 1. The summed E-state index contributed by atoms with van der Waals surface area (Å²) in [7, 11) is 1.84. The molecule has 8 nitrogen and oxygen atoms in total. The normalized spacial score (nSPS) is 21.2. The Balaban J connectivity index is 1.65. The highest BCUT2D eigenvalue weighted by molar-refractivity contribution is 5.98. The molecular weight excluding hydrogens is 332 g/mol. The van der Waals surface area contributed by atoms with Gasteiger partial charge in [-0.2, -0.15) is 5.10 Å². The van der Waals surface area contributed by atoms with Gasteiger partial charge in [0.15, 0.2) is 5.96 Å². The molecule has 2 N–H and O–H groups in total. The standard InChI is InChI=1S/C18H30N6O2/c1-3-19-17(20-14-18(26)7-5-4-6-8-18)23-9-10-24(16(25)13-23)15-11-21-22(2)12-15/h11-12,26H,3-10,13-14H2,1-2H3,(H,19,20). The number of hydrogen-bond acceptors (Lipinski definition) is 4. The number of nitrogens with one attached hydrogen (secondary N) is 1. The van der Waals surface area contributed by atoms with Crippen LogP contribution in [0.15, 0.2) is 17.4 Å². The van der Waals surface area contributed by atoms with E-state index in [9.17, 15) is 9.90 Å². The van der Waals surface area contributed by atoms with E-state index in [1.54, 1.807) is 15.8 Å². The molecule has 8 heteroatoms. The first-order chi connectivity index (χ1) is 12.5. The van der Waals surface area contributed by atoms with Crippen molar-refractivity contribution >= 4 is 17.6 Å². The van der Waals surface area contributed by atoms with Gasteiger partial charge in [0, 0.05) is 32.9 Å². The summed E-state index contributed by atoms with van der Waals surface area (Å²) < 4.78 is 1.70. The highest BCUT2D eigenvalue weighted by atomic mass is 16.3. The second kappa shape index (κ2) is 8.07. The summed E-state index contributed by atoms with van der Waals surface area (Å²) in [5.41, 5.74) is 0.135. The van der Waals surface area contributed by atoms with Crippen molar-refractivity contribution in [2.75, 3.05) is 37.6 Å². The molecule has 2 aliphatic rings. The first-order valence-electron chi connectivity index (χ1n) is 9.55. The summed E-state index contributed by atoms with van der Waals surface area (Å²) >= 11 is 0. The number of aromatic nitrogens is 2. The number of amides is 1. The van der Waals surface area contributed by atoms with Crippen LogP contribution in [0.4, 0.5) is 5.69 Å². The molecule has 0 atom stereocenters. The van der Waals surface area contributed by atoms with E-state index in [0.29, 0.717) is 25.6 Å². The van der Waals surface area contributed by atoms with Gasteiger partial charge in [0.1, 0.15) is 6.54 Å². The number of carbonyl (C=O) groups excluding carboxylic acids is 1. The van der Waals surface area contributed by atoms with Crippen molar-refractivity contribution in [2.45, 2.75) is 44.6 Å². The zero-order valence-electron chi connectivity index (χ0n) is 15.8. The van der Waals surface area contributed by atoms with Gasteiger partial charge in [0.05, 0.1) is 24.0 Å². The summed E-state index contributed by atoms with van der Waals surface area (Å²) in [5, 5.41) is 18.1. The summed E-state index contributed by atoms with van der Waals surface area (Å²) in [5.74, 6) is 0.747. The fraction of sp³-hybridized carbons (Fsp3) is 0.722. The molecule has 0 radical (unpaired) electrons. The van der Waals surface area contributed by atoms with Gasteiger partial charge in [0.2, 0.25) is 5.91 Å². The van der Waals surface area contributed by atoms with Gasteiger partial charge in [-0.25, -0.2) is 0 Å². The van der Waals surface area contributed by atoms with Crippen LogP contribution in [0.25, 0.3) is 0 Å². The number of aryl methyl sites for hydroxylation is 1. The van der Waals surface area contributed by atoms with Gasteiger partial charge in [-0.3, -0.25) is 14.5 Å². The van der Waals surface area contributed by atoms with Crippen LogP contribution in [0.5, 0.6) is 0 Å². The Morgan fingerprint density at radius 1 is 1.35 bits per heavy atom. The third kappa shape index (κ3) is 4.35. The molecule has 2 heterocycles. The molecule has 144 valence electrons. The molecule has 1 saturated carbocycles. The predicted molar refractivity (Wildman–Crippen MR) is 101 cm³/mol. The minimum absolute atomic E-state index is 0.0335. The maximum atomic E-state index is 12.6. The topological polar surface area (TPSA) is 86.0 Å². The molecule has 1 aromatic rings. The number of hydrogen-bond donors (Lipinski definition) is 2. The Hall–Kier alpha value is -2.09. The lowest BCUT2D eigenvalue weighted by molar-refractivity contribution is -0.120. The van der Waals surface area contributed by atoms with Crippen LogP contribution in [0, 0.1) is 0 Å². The third-order valence-corrected chi connectivity index (χ3v) is 5.17. The summed E-state index contributed by atoms with van der Waals surface area (Å²) in [6, 6.07) is 0. The van der Waals surface area contributed by atoms with E-state index in [0.717, 1.165) is 37.9 Å². The van der Waals surface area contributed by atoms with Gasteiger partial charge in [0.25, 0.3) is 0 Å². The molecule has 0 spiro atoms. The maximum Gasteiger partial charge on any atom is 0.246 e. The van der Waals surface area contributed by atoms with Crippen molar-refractivity contribution < 1.29 is 9.90 Å². The van der Waals surface area contributed by atoms with Gasteiger partial charge in [-0.05, 0) is 19.8 Å². The number of piperazine rings is 1. The summed E-state index contributed by atoms with van der Waals surface area (Å²) in [6.45, 7) is 4.71. The summed E-state index contributed by atoms with van der Waals surface area (Å²) in [4.78, 5) is 21.0. The van der Waals surface area contributed by atoms with Crippen molar-refractivity contribution in [2.24, 2.45) is 12.0 Å². The van der Waals surface area contributed by atoms with Gasteiger partial charge >= 0.3 is 0 Å². The Bertz CT molecular complexity index is 650. The zero-order valence-corrected chi connectivity index (χ0v) is 15.8. The molecule has 26 heavy (non-hydrogen) atoms. The lowest BCUT2D eigenvalue weighted by Gasteiger charge is -2.36. The number of rotatable bonds is 4. The van der Waals surface area contributed by atoms with Crippen molar-refractivity contribution in [3.63, 3.8) is 0 Å². The van der Waals surface area contributed by atoms with E-state index in [-0.39, 0.29) is 12.5 Å². The van der Waals surface area contributed by atoms with E-state index in [4.69, 9.17) is 0 Å². The molecule has 2 fully saturated rings. The number of carbonyl (C=O) groups is 1. The average Bonchev–Trinajstić information content (AvgIpc) is 3.05. The van der Waals surface area contributed by atoms with Crippen LogP contribution in [-0.2, 0) is 11.8 Å². The van der Waals surface area contributed by atoms with E-state index >= 15 is 0 Å². The largest absolute Gasteiger partial charge is 0.388 e. The minimum atomic E-state index is -0.694. The lowest BCUT2D eigenvalue weighted by atomic mass is 9.85. The SMILES string of the molecule is CCNC(=NCC1(O)CCCCC1)N1CCN(c2cnn(C)c2)C(=O)C1. The van der Waals surface area contributed by atoms with Gasteiger partial charge in [-0.1, -0.05) is 19.3 Å². The molecule has 0 bridgehead atoms. The van der Waals surface area contributed by atoms with Crippen LogP contribution in [0.3, 0.4) is 0 Å². The van der Waals surface area contributed by atoms with E-state index in [2.05, 4.69) is 15.4 Å². The van der Waals surface area contributed by atoms with Crippen LogP contribution in [0.2, 0.25) is 0 Å². The minimum Gasteiger partial charge on any atom is -0.388 e. The van der Waals surface area contributed by atoms with Crippen molar-refractivity contribution in [1.82, 2.24) is 20.0 Å². The summed E-state index contributed by atoms with van der Waals surface area (Å²) in [6.07, 6.45) is 8.50. The van der Waals surface area contributed by atoms with Crippen molar-refractivity contribution in [3.8, 4) is 0 Å². The molecule has 0 unspecified atom stereocenters. The fourth-order valence-electron chi connectivity index (χ4n) is 3.69. The van der Waals surface area contributed by atoms with Crippen LogP contribution < -0.4 is 10.2 Å². The predicted octanol–water partition coefficient (Wildman–Crippen LogP) is 0.729. The second-order valence-corrected chi connectivity index (χ2v) is 7.29. The van der Waals surface area contributed by atoms with Gasteiger partial charge in [-0.15, -0.1) is 0 Å². The molecule has 1 aliphatic carbocycles. The number of aliphatic hydroxyl groups is 1. The first-order valence-corrected chi connectivity index (χ1v) is 9.55. The maximum absolute atomic E-state index is 12.6. The Labute approximate surface area is 154 Å². The smallest absolute Gasteiger partial charge is 0.246 e. The van der Waals surface area contributed by atoms with Crippen LogP contribution >= 0.6 is 0 Å². The first kappa shape index (κ1) is 18.7. The van der Waals surface area contributed by atoms with Crippen LogP contribution in [0.1, 0.15) is 39.0 Å². The third-order valence-electron chi connectivity index (χ3n) is 5.17. The monoisotopic (exact) mass is 362 g/mol. The van der Waals surface area contributed by atoms with Crippen LogP contribution in [-0.4, -0.2) is 70.0 Å². The van der Waals surface area contributed by atoms with E-state index in [1.165, 1.54) is 6.42 Å². The van der Waals surface area contributed by atoms with Crippen molar-refractivity contribution in [3.05, 3.63) is 12.4 Å². The molecule has 1 aromatic heterocycles. The zero-order chi connectivity index (χ0) is 18.6. The Morgan fingerprint density at radius 3 is 2.73 bits per heavy atom. The van der Waals surface area contributed by atoms with Gasteiger partial charge < -0.3 is 20.2 Å². The number of guanidine groups is 1. The lowest BCUT2D eigenvalue weighted by Crippen LogP contribution is -2.55. The molecule has 3 rings (SSSR count). The second-order valence-electron chi connectivity index (χ2n) is 7.29. The molecule has 1 saturated heterocycles. The van der Waals surface area contributed by atoms with E-state index in [1.807, 2.05) is 25.1 Å². The highest BCUT2D eigenvalue weighted by Crippen LogP contribution is 2.28. The molecular formula is C18H30N6O2. The fourth-order valence-corrected chi connectivity index (χ4v) is 3.69. The molecule has 1 aliphatic heterocycles. The van der Waals surface area contributed by atoms with Crippen molar-refractivity contribution in [1.29, 1.82) is 0 Å². The molecule has 1 amide bonds. The highest BCUT2D eigenvalue weighted by Gasteiger charge is 2.31. The average molecular weight is 362 g/mol. The number of nitrogens with zero attached hydrogens (tertiary/aromatic N) is 5. The quantitative estimate of drug-likeness (QED) is 0.609. The number of aliphatic imine (C=N–C) groups is 1.